The average molecular weight is 289 g/mol. The van der Waals surface area contributed by atoms with E-state index in [9.17, 15) is 4.79 Å². The molecular formula is C15H32N2OS. The summed E-state index contributed by atoms with van der Waals surface area (Å²) in [5.74, 6) is 2.33. The molecule has 0 saturated heterocycles. The predicted octanol–water partition coefficient (Wildman–Crippen LogP) is 3.05. The van der Waals surface area contributed by atoms with Gasteiger partial charge in [0.1, 0.15) is 0 Å². The first-order valence-electron chi connectivity index (χ1n) is 7.20. The molecule has 0 aliphatic heterocycles. The monoisotopic (exact) mass is 288 g/mol. The highest BCUT2D eigenvalue weighted by Crippen LogP contribution is 2.20. The maximum absolute atomic E-state index is 11.6. The van der Waals surface area contributed by atoms with Gasteiger partial charge in [-0.25, -0.2) is 0 Å². The highest BCUT2D eigenvalue weighted by atomic mass is 32.2. The Labute approximate surface area is 123 Å². The Morgan fingerprint density at radius 3 is 2.16 bits per heavy atom. The van der Waals surface area contributed by atoms with Crippen molar-refractivity contribution in [2.75, 3.05) is 24.6 Å². The minimum Gasteiger partial charge on any atom is -0.355 e. The summed E-state index contributed by atoms with van der Waals surface area (Å²) in [6.45, 7) is 14.6. The van der Waals surface area contributed by atoms with E-state index in [2.05, 4.69) is 52.2 Å². The van der Waals surface area contributed by atoms with Crippen molar-refractivity contribution in [3.05, 3.63) is 0 Å². The van der Waals surface area contributed by atoms with Crippen molar-refractivity contribution in [3.8, 4) is 0 Å². The molecule has 4 heteroatoms. The first-order valence-corrected chi connectivity index (χ1v) is 8.35. The van der Waals surface area contributed by atoms with Crippen LogP contribution in [0.15, 0.2) is 0 Å². The van der Waals surface area contributed by atoms with Crippen molar-refractivity contribution >= 4 is 17.7 Å². The first-order chi connectivity index (χ1) is 8.60. The number of carbonyl (C=O) groups is 1. The van der Waals surface area contributed by atoms with Gasteiger partial charge in [-0.1, -0.05) is 20.8 Å². The Morgan fingerprint density at radius 2 is 1.63 bits per heavy atom. The highest BCUT2D eigenvalue weighted by molar-refractivity contribution is 7.99. The van der Waals surface area contributed by atoms with E-state index in [4.69, 9.17) is 0 Å². The van der Waals surface area contributed by atoms with Crippen molar-refractivity contribution in [1.82, 2.24) is 10.6 Å². The van der Waals surface area contributed by atoms with Crippen LogP contribution < -0.4 is 10.6 Å². The van der Waals surface area contributed by atoms with E-state index in [1.165, 1.54) is 12.2 Å². The Morgan fingerprint density at radius 1 is 1.00 bits per heavy atom. The number of hydrogen-bond donors (Lipinski definition) is 2. The van der Waals surface area contributed by atoms with Crippen molar-refractivity contribution < 1.29 is 4.79 Å². The average Bonchev–Trinajstić information content (AvgIpc) is 2.19. The first kappa shape index (κ1) is 18.8. The lowest BCUT2D eigenvalue weighted by atomic mass is 9.94. The van der Waals surface area contributed by atoms with Crippen LogP contribution in [0.2, 0.25) is 0 Å². The third-order valence-electron chi connectivity index (χ3n) is 2.57. The van der Waals surface area contributed by atoms with Gasteiger partial charge in [0.15, 0.2) is 0 Å². The molecule has 0 aliphatic carbocycles. The topological polar surface area (TPSA) is 41.1 Å². The zero-order chi connectivity index (χ0) is 14.9. The van der Waals surface area contributed by atoms with Crippen molar-refractivity contribution in [3.63, 3.8) is 0 Å². The summed E-state index contributed by atoms with van der Waals surface area (Å²) in [6.07, 6.45) is 1.78. The van der Waals surface area contributed by atoms with Gasteiger partial charge in [-0.2, -0.15) is 11.8 Å². The molecular weight excluding hydrogens is 256 g/mol. The van der Waals surface area contributed by atoms with Crippen LogP contribution in [0.3, 0.4) is 0 Å². The van der Waals surface area contributed by atoms with Gasteiger partial charge in [-0.05, 0) is 38.4 Å². The number of thioether (sulfide) groups is 1. The number of carbonyl (C=O) groups excluding carboxylic acids is 1. The van der Waals surface area contributed by atoms with Crippen LogP contribution in [0, 0.1) is 5.41 Å². The second-order valence-corrected chi connectivity index (χ2v) is 8.42. The van der Waals surface area contributed by atoms with Gasteiger partial charge in [0.05, 0.1) is 0 Å². The SMILES string of the molecule is CC(C)(C)CCSCCNC(=O)CCNC(C)(C)C. The Balaban J connectivity index is 3.40. The van der Waals surface area contributed by atoms with E-state index in [1.807, 2.05) is 11.8 Å². The van der Waals surface area contributed by atoms with Crippen LogP contribution >= 0.6 is 11.8 Å². The van der Waals surface area contributed by atoms with Gasteiger partial charge in [-0.15, -0.1) is 0 Å². The molecule has 0 aromatic rings. The minimum absolute atomic E-state index is 0.0864. The lowest BCUT2D eigenvalue weighted by Crippen LogP contribution is -2.38. The van der Waals surface area contributed by atoms with Gasteiger partial charge in [0.25, 0.3) is 0 Å². The Kier molecular flexibility index (Phi) is 8.75. The molecule has 3 nitrogen and oxygen atoms in total. The second-order valence-electron chi connectivity index (χ2n) is 7.20. The summed E-state index contributed by atoms with van der Waals surface area (Å²) in [6, 6.07) is 0. The molecule has 0 bridgehead atoms. The molecule has 0 atom stereocenters. The number of hydrogen-bond acceptors (Lipinski definition) is 3. The molecule has 0 heterocycles. The normalized spacial score (nSPS) is 12.5. The van der Waals surface area contributed by atoms with Gasteiger partial charge in [-0.3, -0.25) is 4.79 Å². The molecule has 0 unspecified atom stereocenters. The summed E-state index contributed by atoms with van der Waals surface area (Å²) < 4.78 is 0. The standard InChI is InChI=1S/C15H32N2OS/c1-14(2,3)8-11-19-12-10-16-13(18)7-9-17-15(4,5)6/h17H,7-12H2,1-6H3,(H,16,18). The van der Waals surface area contributed by atoms with Gasteiger partial charge >= 0.3 is 0 Å². The van der Waals surface area contributed by atoms with E-state index in [1.54, 1.807) is 0 Å². The predicted molar refractivity (Wildman–Crippen MR) is 86.8 cm³/mol. The number of amides is 1. The van der Waals surface area contributed by atoms with Gasteiger partial charge < -0.3 is 10.6 Å². The summed E-state index contributed by atoms with van der Waals surface area (Å²) in [7, 11) is 0. The molecule has 0 aliphatic rings. The number of nitrogens with one attached hydrogen (secondary N) is 2. The van der Waals surface area contributed by atoms with E-state index >= 15 is 0 Å². The zero-order valence-electron chi connectivity index (χ0n) is 13.6. The van der Waals surface area contributed by atoms with E-state index in [0.717, 1.165) is 18.8 Å². The molecule has 0 spiro atoms. The van der Waals surface area contributed by atoms with E-state index in [0.29, 0.717) is 11.8 Å². The van der Waals surface area contributed by atoms with E-state index < -0.39 is 0 Å². The maximum Gasteiger partial charge on any atom is 0.221 e. The van der Waals surface area contributed by atoms with Crippen molar-refractivity contribution in [1.29, 1.82) is 0 Å². The lowest BCUT2D eigenvalue weighted by molar-refractivity contribution is -0.120. The largest absolute Gasteiger partial charge is 0.355 e. The molecule has 2 N–H and O–H groups in total. The zero-order valence-corrected chi connectivity index (χ0v) is 14.4. The van der Waals surface area contributed by atoms with Gasteiger partial charge in [0, 0.05) is 30.8 Å². The molecule has 0 fully saturated rings. The van der Waals surface area contributed by atoms with Crippen LogP contribution in [-0.2, 0) is 4.79 Å². The lowest BCUT2D eigenvalue weighted by Gasteiger charge is -2.20. The van der Waals surface area contributed by atoms with Crippen molar-refractivity contribution in [2.24, 2.45) is 5.41 Å². The molecule has 0 aromatic heterocycles. The number of rotatable bonds is 8. The summed E-state index contributed by atoms with van der Waals surface area (Å²) in [5, 5.41) is 6.28. The Bertz CT molecular complexity index is 254. The maximum atomic E-state index is 11.6. The minimum atomic E-state index is 0.0864. The molecule has 0 saturated carbocycles. The third-order valence-corrected chi connectivity index (χ3v) is 3.56. The molecule has 0 rings (SSSR count). The molecule has 0 radical (unpaired) electrons. The van der Waals surface area contributed by atoms with Gasteiger partial charge in [0.2, 0.25) is 5.91 Å². The summed E-state index contributed by atoms with van der Waals surface area (Å²) in [5.41, 5.74) is 0.498. The molecule has 1 amide bonds. The molecule has 0 aromatic carbocycles. The smallest absolute Gasteiger partial charge is 0.221 e. The molecule has 19 heavy (non-hydrogen) atoms. The second kappa shape index (κ2) is 8.85. The molecule has 114 valence electrons. The summed E-state index contributed by atoms with van der Waals surface area (Å²) in [4.78, 5) is 11.6. The quantitative estimate of drug-likeness (QED) is 0.675. The van der Waals surface area contributed by atoms with Crippen LogP contribution in [0.4, 0.5) is 0 Å². The Hall–Kier alpha value is -0.220. The third kappa shape index (κ3) is 15.7. The van der Waals surface area contributed by atoms with Crippen LogP contribution in [0.5, 0.6) is 0 Å². The van der Waals surface area contributed by atoms with Crippen LogP contribution in [0.1, 0.15) is 54.4 Å². The summed E-state index contributed by atoms with van der Waals surface area (Å²) >= 11 is 1.92. The highest BCUT2D eigenvalue weighted by Gasteiger charge is 2.10. The fraction of sp³-hybridized carbons (Fsp3) is 0.933. The van der Waals surface area contributed by atoms with Crippen molar-refractivity contribution in [2.45, 2.75) is 59.9 Å². The van der Waals surface area contributed by atoms with Crippen LogP contribution in [0.25, 0.3) is 0 Å². The fourth-order valence-electron chi connectivity index (χ4n) is 1.38. The van der Waals surface area contributed by atoms with Crippen LogP contribution in [-0.4, -0.2) is 36.0 Å². The van der Waals surface area contributed by atoms with E-state index in [-0.39, 0.29) is 11.4 Å². The fourth-order valence-corrected chi connectivity index (χ4v) is 2.59.